The number of furan rings is 1. The fourth-order valence-electron chi connectivity index (χ4n) is 3.49. The van der Waals surface area contributed by atoms with Crippen molar-refractivity contribution in [3.8, 4) is 5.75 Å². The normalized spacial score (nSPS) is 14.6. The second-order valence-electron chi connectivity index (χ2n) is 7.41. The van der Waals surface area contributed by atoms with Crippen molar-refractivity contribution in [1.29, 1.82) is 0 Å². The van der Waals surface area contributed by atoms with Crippen molar-refractivity contribution in [2.45, 2.75) is 13.2 Å². The summed E-state index contributed by atoms with van der Waals surface area (Å²) in [7, 11) is 0. The van der Waals surface area contributed by atoms with Crippen molar-refractivity contribution in [3.05, 3.63) is 88.1 Å². The summed E-state index contributed by atoms with van der Waals surface area (Å²) < 4.78 is 51.5. The first kappa shape index (κ1) is 22.2. The Morgan fingerprint density at radius 3 is 2.56 bits per heavy atom. The third kappa shape index (κ3) is 5.08. The maximum Gasteiger partial charge on any atom is 0.289 e. The van der Waals surface area contributed by atoms with E-state index in [1.54, 1.807) is 23.1 Å². The van der Waals surface area contributed by atoms with Gasteiger partial charge in [-0.25, -0.2) is 13.2 Å². The predicted octanol–water partition coefficient (Wildman–Crippen LogP) is 4.89. The first-order valence-corrected chi connectivity index (χ1v) is 10.4. The molecule has 0 atom stereocenters. The molecule has 1 aliphatic heterocycles. The van der Waals surface area contributed by atoms with E-state index in [1.165, 1.54) is 18.2 Å². The molecule has 0 radical (unpaired) electrons. The maximum absolute atomic E-state index is 13.9. The molecular weight excluding hydrogens is 445 g/mol. The fourth-order valence-corrected chi connectivity index (χ4v) is 3.71. The zero-order valence-corrected chi connectivity index (χ0v) is 17.7. The van der Waals surface area contributed by atoms with Gasteiger partial charge in [-0.15, -0.1) is 0 Å². The quantitative estimate of drug-likeness (QED) is 0.521. The molecule has 1 aliphatic rings. The van der Waals surface area contributed by atoms with Crippen LogP contribution in [0.25, 0.3) is 0 Å². The van der Waals surface area contributed by atoms with E-state index < -0.39 is 17.5 Å². The lowest BCUT2D eigenvalue weighted by molar-refractivity contribution is 0.0592. The second-order valence-corrected chi connectivity index (χ2v) is 7.82. The molecule has 0 bridgehead atoms. The Bertz CT molecular complexity index is 1110. The van der Waals surface area contributed by atoms with Crippen LogP contribution in [0.5, 0.6) is 5.75 Å². The van der Waals surface area contributed by atoms with Crippen LogP contribution < -0.4 is 4.74 Å². The van der Waals surface area contributed by atoms with Gasteiger partial charge in [0.25, 0.3) is 5.91 Å². The van der Waals surface area contributed by atoms with Gasteiger partial charge in [-0.1, -0.05) is 23.7 Å². The number of carbonyl (C=O) groups is 1. The summed E-state index contributed by atoms with van der Waals surface area (Å²) in [6.45, 7) is 2.25. The van der Waals surface area contributed by atoms with E-state index in [0.29, 0.717) is 43.3 Å². The Kier molecular flexibility index (Phi) is 6.72. The van der Waals surface area contributed by atoms with Gasteiger partial charge in [0.2, 0.25) is 0 Å². The molecule has 0 saturated carbocycles. The molecule has 1 amide bonds. The first-order valence-electron chi connectivity index (χ1n) is 10.0. The number of benzene rings is 2. The zero-order chi connectivity index (χ0) is 22.7. The van der Waals surface area contributed by atoms with Gasteiger partial charge in [-0.05, 0) is 36.4 Å². The van der Waals surface area contributed by atoms with E-state index in [9.17, 15) is 18.0 Å². The standard InChI is InChI=1S/C23H20ClF3N2O3/c24-18-12-16(25)4-6-20(18)31-14-17-5-7-21(32-17)23(30)29-10-8-28(9-11-29)13-15-2-1-3-19(26)22(15)27/h1-7,12H,8-11,13-14H2. The van der Waals surface area contributed by atoms with Crippen LogP contribution in [-0.4, -0.2) is 41.9 Å². The Labute approximate surface area is 187 Å². The number of nitrogens with zero attached hydrogens (tertiary/aromatic N) is 2. The van der Waals surface area contributed by atoms with Crippen LogP contribution in [0.2, 0.25) is 5.02 Å². The fraction of sp³-hybridized carbons (Fsp3) is 0.261. The summed E-state index contributed by atoms with van der Waals surface area (Å²) in [6, 6.07) is 11.1. The zero-order valence-electron chi connectivity index (χ0n) is 17.0. The number of hydrogen-bond acceptors (Lipinski definition) is 4. The monoisotopic (exact) mass is 464 g/mol. The molecule has 3 aromatic rings. The van der Waals surface area contributed by atoms with Crippen molar-refractivity contribution in [3.63, 3.8) is 0 Å². The molecule has 9 heteroatoms. The summed E-state index contributed by atoms with van der Waals surface area (Å²) in [6.07, 6.45) is 0. The molecule has 0 aliphatic carbocycles. The van der Waals surface area contributed by atoms with E-state index in [4.69, 9.17) is 20.8 Å². The third-order valence-electron chi connectivity index (χ3n) is 5.22. The van der Waals surface area contributed by atoms with Gasteiger partial charge in [0.15, 0.2) is 17.4 Å². The molecule has 0 spiro atoms. The lowest BCUT2D eigenvalue weighted by Crippen LogP contribution is -2.48. The van der Waals surface area contributed by atoms with Gasteiger partial charge in [-0.2, -0.15) is 0 Å². The minimum absolute atomic E-state index is 0.0333. The summed E-state index contributed by atoms with van der Waals surface area (Å²) >= 11 is 5.93. The highest BCUT2D eigenvalue weighted by Crippen LogP contribution is 2.26. The van der Waals surface area contributed by atoms with Crippen molar-refractivity contribution < 1.29 is 27.1 Å². The average Bonchev–Trinajstić information content (AvgIpc) is 3.25. The minimum Gasteiger partial charge on any atom is -0.484 e. The second kappa shape index (κ2) is 9.67. The van der Waals surface area contributed by atoms with E-state index >= 15 is 0 Å². The molecule has 1 aromatic heterocycles. The molecule has 2 heterocycles. The predicted molar refractivity (Wildman–Crippen MR) is 112 cm³/mol. The first-order chi connectivity index (χ1) is 15.4. The van der Waals surface area contributed by atoms with E-state index in [1.807, 2.05) is 4.90 Å². The van der Waals surface area contributed by atoms with Crippen LogP contribution in [0.1, 0.15) is 21.9 Å². The molecule has 5 nitrogen and oxygen atoms in total. The van der Waals surface area contributed by atoms with Gasteiger partial charge in [0, 0.05) is 38.3 Å². The maximum atomic E-state index is 13.9. The lowest BCUT2D eigenvalue weighted by Gasteiger charge is -2.34. The van der Waals surface area contributed by atoms with Crippen molar-refractivity contribution in [1.82, 2.24) is 9.80 Å². The number of ether oxygens (including phenoxy) is 1. The smallest absolute Gasteiger partial charge is 0.289 e. The van der Waals surface area contributed by atoms with Gasteiger partial charge in [-0.3, -0.25) is 9.69 Å². The van der Waals surface area contributed by atoms with Crippen LogP contribution in [0.4, 0.5) is 13.2 Å². The number of rotatable bonds is 6. The number of hydrogen-bond donors (Lipinski definition) is 0. The average molecular weight is 465 g/mol. The molecule has 1 saturated heterocycles. The summed E-state index contributed by atoms with van der Waals surface area (Å²) in [5.74, 6) is -1.51. The summed E-state index contributed by atoms with van der Waals surface area (Å²) in [5, 5.41) is 0.142. The molecule has 168 valence electrons. The summed E-state index contributed by atoms with van der Waals surface area (Å²) in [5.41, 5.74) is 0.293. The number of piperazine rings is 1. The van der Waals surface area contributed by atoms with Crippen LogP contribution in [0.3, 0.4) is 0 Å². The van der Waals surface area contributed by atoms with Crippen LogP contribution >= 0.6 is 11.6 Å². The number of carbonyl (C=O) groups excluding carboxylic acids is 1. The van der Waals surface area contributed by atoms with E-state index in [-0.39, 0.29) is 29.8 Å². The largest absolute Gasteiger partial charge is 0.484 e. The lowest BCUT2D eigenvalue weighted by atomic mass is 10.1. The number of halogens is 4. The Morgan fingerprint density at radius 1 is 1.03 bits per heavy atom. The third-order valence-corrected chi connectivity index (χ3v) is 5.52. The Hall–Kier alpha value is -2.97. The molecule has 2 aromatic carbocycles. The van der Waals surface area contributed by atoms with E-state index in [2.05, 4.69) is 0 Å². The SMILES string of the molecule is O=C(c1ccc(COc2ccc(F)cc2Cl)o1)N1CCN(Cc2cccc(F)c2F)CC1. The molecule has 4 rings (SSSR count). The summed E-state index contributed by atoms with van der Waals surface area (Å²) in [4.78, 5) is 16.4. The van der Waals surface area contributed by atoms with Crippen LogP contribution in [-0.2, 0) is 13.2 Å². The Balaban J connectivity index is 1.30. The molecule has 32 heavy (non-hydrogen) atoms. The van der Waals surface area contributed by atoms with Crippen molar-refractivity contribution in [2.24, 2.45) is 0 Å². The number of amides is 1. The van der Waals surface area contributed by atoms with Gasteiger partial charge in [0.05, 0.1) is 5.02 Å². The highest BCUT2D eigenvalue weighted by molar-refractivity contribution is 6.32. The molecule has 1 fully saturated rings. The minimum atomic E-state index is -0.865. The van der Waals surface area contributed by atoms with Gasteiger partial charge < -0.3 is 14.1 Å². The van der Waals surface area contributed by atoms with E-state index in [0.717, 1.165) is 12.1 Å². The Morgan fingerprint density at radius 2 is 1.81 bits per heavy atom. The van der Waals surface area contributed by atoms with Crippen LogP contribution in [0, 0.1) is 17.5 Å². The molecule has 0 unspecified atom stereocenters. The highest BCUT2D eigenvalue weighted by Gasteiger charge is 2.25. The topological polar surface area (TPSA) is 45.9 Å². The van der Waals surface area contributed by atoms with Gasteiger partial charge in [0.1, 0.15) is 23.9 Å². The van der Waals surface area contributed by atoms with Crippen molar-refractivity contribution >= 4 is 17.5 Å². The van der Waals surface area contributed by atoms with Crippen molar-refractivity contribution in [2.75, 3.05) is 26.2 Å². The highest BCUT2D eigenvalue weighted by atomic mass is 35.5. The molecule has 0 N–H and O–H groups in total. The van der Waals surface area contributed by atoms with Gasteiger partial charge >= 0.3 is 0 Å². The molecular formula is C23H20ClF3N2O3. The van der Waals surface area contributed by atoms with Crippen LogP contribution in [0.15, 0.2) is 52.9 Å².